The molecular formula is C22H32N4O4. The van der Waals surface area contributed by atoms with E-state index in [2.05, 4.69) is 16.9 Å². The Balaban J connectivity index is 1.79. The Morgan fingerprint density at radius 1 is 1.23 bits per heavy atom. The molecule has 164 valence electrons. The molecule has 3 rings (SSSR count). The maximum Gasteiger partial charge on any atom is 0.258 e. The number of amides is 1. The number of benzene rings is 1. The average molecular weight is 417 g/mol. The summed E-state index contributed by atoms with van der Waals surface area (Å²) in [6, 6.07) is 3.67. The molecule has 1 aromatic heterocycles. The zero-order valence-electron chi connectivity index (χ0n) is 18.4. The Morgan fingerprint density at radius 3 is 2.63 bits per heavy atom. The third-order valence-electron chi connectivity index (χ3n) is 5.86. The third-order valence-corrected chi connectivity index (χ3v) is 5.86. The predicted molar refractivity (Wildman–Crippen MR) is 116 cm³/mol. The molecule has 0 aliphatic carbocycles. The highest BCUT2D eigenvalue weighted by molar-refractivity contribution is 5.82. The molecule has 1 aliphatic rings. The zero-order valence-corrected chi connectivity index (χ0v) is 18.4. The predicted octanol–water partition coefficient (Wildman–Crippen LogP) is 2.55. The topological polar surface area (TPSA) is 87.8 Å². The molecule has 1 N–H and O–H groups in total. The average Bonchev–Trinajstić information content (AvgIpc) is 2.77. The van der Waals surface area contributed by atoms with E-state index in [1.807, 2.05) is 16.7 Å². The van der Waals surface area contributed by atoms with Crippen molar-refractivity contribution in [3.63, 3.8) is 0 Å². The Kier molecular flexibility index (Phi) is 7.31. The number of H-pyrrole nitrogens is 1. The number of carbonyl (C=O) groups excluding carboxylic acids is 1. The van der Waals surface area contributed by atoms with Gasteiger partial charge in [0.05, 0.1) is 38.2 Å². The summed E-state index contributed by atoms with van der Waals surface area (Å²) in [5, 5.41) is 0.439. The van der Waals surface area contributed by atoms with Crippen LogP contribution in [0.2, 0.25) is 0 Å². The van der Waals surface area contributed by atoms with Crippen molar-refractivity contribution < 1.29 is 14.3 Å². The molecule has 2 heterocycles. The molecule has 1 aliphatic heterocycles. The minimum Gasteiger partial charge on any atom is -0.493 e. The van der Waals surface area contributed by atoms with Gasteiger partial charge in [0, 0.05) is 18.7 Å². The summed E-state index contributed by atoms with van der Waals surface area (Å²) in [6.07, 6.45) is 4.33. The molecule has 1 aromatic carbocycles. The highest BCUT2D eigenvalue weighted by atomic mass is 16.5. The zero-order chi connectivity index (χ0) is 21.7. The lowest BCUT2D eigenvalue weighted by Crippen LogP contribution is -2.47. The number of nitrogens with one attached hydrogen (secondary N) is 1. The van der Waals surface area contributed by atoms with Crippen molar-refractivity contribution >= 4 is 16.8 Å². The van der Waals surface area contributed by atoms with Crippen molar-refractivity contribution in [2.24, 2.45) is 0 Å². The lowest BCUT2D eigenvalue weighted by atomic mass is 10.00. The minimum atomic E-state index is -0.236. The van der Waals surface area contributed by atoms with Crippen LogP contribution in [0.1, 0.15) is 45.4 Å². The summed E-state index contributed by atoms with van der Waals surface area (Å²) >= 11 is 0. The van der Waals surface area contributed by atoms with E-state index in [1.165, 1.54) is 13.5 Å². The van der Waals surface area contributed by atoms with Gasteiger partial charge in [-0.05, 0) is 38.3 Å². The fourth-order valence-electron chi connectivity index (χ4n) is 4.12. The van der Waals surface area contributed by atoms with Crippen molar-refractivity contribution in [3.8, 4) is 11.5 Å². The van der Waals surface area contributed by atoms with Crippen LogP contribution >= 0.6 is 0 Å². The second-order valence-corrected chi connectivity index (χ2v) is 7.69. The Bertz CT molecular complexity index is 943. The number of ether oxygens (including phenoxy) is 2. The van der Waals surface area contributed by atoms with Crippen LogP contribution in [0.5, 0.6) is 11.5 Å². The van der Waals surface area contributed by atoms with Gasteiger partial charge in [0.2, 0.25) is 5.91 Å². The van der Waals surface area contributed by atoms with Gasteiger partial charge >= 0.3 is 0 Å². The van der Waals surface area contributed by atoms with Gasteiger partial charge in [0.15, 0.2) is 11.5 Å². The SMILES string of the molecule is CC[C@@H]1CCCCN1C(=O)CN(CC)Cc1nc2cc(OC)c(OC)cc2c(=O)[nH]1. The van der Waals surface area contributed by atoms with Crippen molar-refractivity contribution in [1.29, 1.82) is 0 Å². The number of likely N-dealkylation sites (N-methyl/N-ethyl adjacent to an activating group) is 1. The standard InChI is InChI=1S/C22H32N4O4/c1-5-15-9-7-8-10-26(15)21(27)14-25(6-2)13-20-23-17-12-19(30-4)18(29-3)11-16(17)22(28)24-20/h11-12,15H,5-10,13-14H2,1-4H3,(H,23,24,28)/t15-/m1/s1. The molecule has 1 amide bonds. The molecule has 1 fully saturated rings. The number of hydrogen-bond acceptors (Lipinski definition) is 6. The van der Waals surface area contributed by atoms with Crippen LogP contribution < -0.4 is 15.0 Å². The fraction of sp³-hybridized carbons (Fsp3) is 0.591. The highest BCUT2D eigenvalue weighted by Gasteiger charge is 2.26. The van der Waals surface area contributed by atoms with E-state index < -0.39 is 0 Å². The molecule has 1 atom stereocenters. The first kappa shape index (κ1) is 22.1. The molecule has 1 saturated heterocycles. The lowest BCUT2D eigenvalue weighted by molar-refractivity contribution is -0.136. The summed E-state index contributed by atoms with van der Waals surface area (Å²) in [5.74, 6) is 1.68. The number of aromatic amines is 1. The van der Waals surface area contributed by atoms with Gasteiger partial charge in [-0.2, -0.15) is 0 Å². The molecule has 0 spiro atoms. The van der Waals surface area contributed by atoms with E-state index in [4.69, 9.17) is 9.47 Å². The maximum atomic E-state index is 12.9. The van der Waals surface area contributed by atoms with Gasteiger partial charge in [0.1, 0.15) is 5.82 Å². The minimum absolute atomic E-state index is 0.151. The van der Waals surface area contributed by atoms with Crippen LogP contribution in [-0.2, 0) is 11.3 Å². The largest absolute Gasteiger partial charge is 0.493 e. The Hall–Kier alpha value is -2.61. The first-order valence-electron chi connectivity index (χ1n) is 10.7. The number of piperidine rings is 1. The first-order chi connectivity index (χ1) is 14.5. The summed E-state index contributed by atoms with van der Waals surface area (Å²) in [4.78, 5) is 37.0. The van der Waals surface area contributed by atoms with Gasteiger partial charge in [-0.15, -0.1) is 0 Å². The van der Waals surface area contributed by atoms with Gasteiger partial charge in [-0.25, -0.2) is 4.98 Å². The molecule has 8 nitrogen and oxygen atoms in total. The lowest BCUT2D eigenvalue weighted by Gasteiger charge is -2.36. The number of likely N-dealkylation sites (tertiary alicyclic amines) is 1. The van der Waals surface area contributed by atoms with E-state index in [0.717, 1.165) is 25.8 Å². The van der Waals surface area contributed by atoms with E-state index >= 15 is 0 Å². The second-order valence-electron chi connectivity index (χ2n) is 7.69. The van der Waals surface area contributed by atoms with Gasteiger partial charge in [-0.3, -0.25) is 14.5 Å². The molecule has 0 radical (unpaired) electrons. The van der Waals surface area contributed by atoms with E-state index in [1.54, 1.807) is 19.2 Å². The van der Waals surface area contributed by atoms with Crippen LogP contribution in [-0.4, -0.2) is 65.6 Å². The number of aromatic nitrogens is 2. The van der Waals surface area contributed by atoms with Crippen LogP contribution in [0.4, 0.5) is 0 Å². The first-order valence-corrected chi connectivity index (χ1v) is 10.7. The normalized spacial score (nSPS) is 16.8. The monoisotopic (exact) mass is 416 g/mol. The van der Waals surface area contributed by atoms with E-state index in [-0.39, 0.29) is 11.5 Å². The smallest absolute Gasteiger partial charge is 0.258 e. The Labute approximate surface area is 177 Å². The fourth-order valence-corrected chi connectivity index (χ4v) is 4.12. The molecular weight excluding hydrogens is 384 g/mol. The second kappa shape index (κ2) is 9.93. The maximum absolute atomic E-state index is 12.9. The number of nitrogens with zero attached hydrogens (tertiary/aromatic N) is 3. The third kappa shape index (κ3) is 4.75. The molecule has 8 heteroatoms. The number of carbonyl (C=O) groups is 1. The van der Waals surface area contributed by atoms with Crippen molar-refractivity contribution in [2.75, 3.05) is 33.9 Å². The summed E-state index contributed by atoms with van der Waals surface area (Å²) in [7, 11) is 3.08. The molecule has 0 unspecified atom stereocenters. The van der Waals surface area contributed by atoms with E-state index in [9.17, 15) is 9.59 Å². The quantitative estimate of drug-likeness (QED) is 0.712. The number of fused-ring (bicyclic) bond motifs is 1. The summed E-state index contributed by atoms with van der Waals surface area (Å²) < 4.78 is 10.6. The van der Waals surface area contributed by atoms with Gasteiger partial charge in [-0.1, -0.05) is 13.8 Å². The van der Waals surface area contributed by atoms with Crippen molar-refractivity contribution in [2.45, 2.75) is 52.1 Å². The number of rotatable bonds is 8. The highest BCUT2D eigenvalue weighted by Crippen LogP contribution is 2.30. The van der Waals surface area contributed by atoms with Crippen LogP contribution in [0.15, 0.2) is 16.9 Å². The van der Waals surface area contributed by atoms with Crippen LogP contribution in [0.25, 0.3) is 10.9 Å². The summed E-state index contributed by atoms with van der Waals surface area (Å²) in [5.41, 5.74) is 0.302. The van der Waals surface area contributed by atoms with Gasteiger partial charge in [0.25, 0.3) is 5.56 Å². The summed E-state index contributed by atoms with van der Waals surface area (Å²) in [6.45, 7) is 6.38. The molecule has 0 saturated carbocycles. The van der Waals surface area contributed by atoms with E-state index in [0.29, 0.717) is 53.9 Å². The Morgan fingerprint density at radius 2 is 1.97 bits per heavy atom. The van der Waals surface area contributed by atoms with Crippen molar-refractivity contribution in [1.82, 2.24) is 19.8 Å². The molecule has 0 bridgehead atoms. The van der Waals surface area contributed by atoms with Crippen LogP contribution in [0.3, 0.4) is 0 Å². The van der Waals surface area contributed by atoms with Gasteiger partial charge < -0.3 is 19.4 Å². The molecule has 30 heavy (non-hydrogen) atoms. The number of hydrogen-bond donors (Lipinski definition) is 1. The number of methoxy groups -OCH3 is 2. The van der Waals surface area contributed by atoms with Crippen molar-refractivity contribution in [3.05, 3.63) is 28.3 Å². The molecule has 2 aromatic rings. The van der Waals surface area contributed by atoms with Crippen LogP contribution in [0, 0.1) is 0 Å².